The number of carbonyl (C=O) groups is 1. The Morgan fingerprint density at radius 2 is 1.85 bits per heavy atom. The number of aryl methyl sites for hydroxylation is 2. The molecule has 1 aromatic heterocycles. The van der Waals surface area contributed by atoms with Gasteiger partial charge < -0.3 is 9.88 Å². The lowest BCUT2D eigenvalue weighted by molar-refractivity contribution is -0.116. The van der Waals surface area contributed by atoms with Gasteiger partial charge in [-0.1, -0.05) is 29.0 Å². The fourth-order valence-corrected chi connectivity index (χ4v) is 4.64. The van der Waals surface area contributed by atoms with Gasteiger partial charge in [-0.2, -0.15) is 4.31 Å². The smallest absolute Gasteiger partial charge is 0.307 e. The van der Waals surface area contributed by atoms with E-state index in [1.165, 1.54) is 23.7 Å². The molecule has 1 heterocycles. The maximum absolute atomic E-state index is 12.6. The Balaban J connectivity index is 1.73. The molecule has 0 fully saturated rings. The summed E-state index contributed by atoms with van der Waals surface area (Å²) in [6.07, 6.45) is 0. The van der Waals surface area contributed by atoms with Gasteiger partial charge in [-0.25, -0.2) is 8.42 Å². The number of anilines is 1. The van der Waals surface area contributed by atoms with Crippen LogP contribution < -0.4 is 10.2 Å². The Labute approximate surface area is 160 Å². The summed E-state index contributed by atoms with van der Waals surface area (Å²) in [5, 5.41) is 2.68. The highest BCUT2D eigenvalue weighted by atomic mass is 32.2. The van der Waals surface area contributed by atoms with Gasteiger partial charge in [-0.05, 0) is 37.3 Å². The summed E-state index contributed by atoms with van der Waals surface area (Å²) < 4.78 is 28.4. The van der Waals surface area contributed by atoms with Gasteiger partial charge in [-0.3, -0.25) is 9.59 Å². The van der Waals surface area contributed by atoms with Gasteiger partial charge in [0, 0.05) is 19.8 Å². The van der Waals surface area contributed by atoms with Crippen LogP contribution in [0.2, 0.25) is 0 Å². The van der Waals surface area contributed by atoms with Crippen molar-refractivity contribution in [2.24, 2.45) is 7.05 Å². The fraction of sp³-hybridized carbons (Fsp3) is 0.222. The number of thiazole rings is 1. The van der Waals surface area contributed by atoms with Gasteiger partial charge in [0.25, 0.3) is 0 Å². The van der Waals surface area contributed by atoms with E-state index in [0.29, 0.717) is 5.69 Å². The molecule has 0 aliphatic rings. The Bertz CT molecular complexity index is 1160. The molecule has 27 heavy (non-hydrogen) atoms. The molecule has 0 radical (unpaired) electrons. The van der Waals surface area contributed by atoms with Crippen molar-refractivity contribution in [2.75, 3.05) is 18.9 Å². The number of nitrogens with zero attached hydrogens (tertiary/aromatic N) is 2. The van der Waals surface area contributed by atoms with E-state index in [1.54, 1.807) is 37.4 Å². The average Bonchev–Trinajstić information content (AvgIpc) is 2.89. The number of likely N-dealkylation sites (N-methyl/N-ethyl adjacent to an activating group) is 1. The second-order valence-electron chi connectivity index (χ2n) is 6.23. The highest BCUT2D eigenvalue weighted by Gasteiger charge is 2.23. The second kappa shape index (κ2) is 7.26. The summed E-state index contributed by atoms with van der Waals surface area (Å²) in [7, 11) is -0.703. The molecule has 0 atom stereocenters. The van der Waals surface area contributed by atoms with Crippen molar-refractivity contribution in [2.45, 2.75) is 11.8 Å². The summed E-state index contributed by atoms with van der Waals surface area (Å²) in [4.78, 5) is 24.0. The number of aromatic nitrogens is 1. The van der Waals surface area contributed by atoms with Crippen LogP contribution in [-0.2, 0) is 21.9 Å². The van der Waals surface area contributed by atoms with Crippen molar-refractivity contribution in [1.82, 2.24) is 8.87 Å². The summed E-state index contributed by atoms with van der Waals surface area (Å²) in [6, 6.07) is 11.6. The van der Waals surface area contributed by atoms with Gasteiger partial charge in [0.1, 0.15) is 0 Å². The summed E-state index contributed by atoms with van der Waals surface area (Å²) in [6.45, 7) is 1.55. The van der Waals surface area contributed by atoms with Crippen LogP contribution in [0, 0.1) is 6.92 Å². The van der Waals surface area contributed by atoms with Crippen LogP contribution in [0.1, 0.15) is 5.56 Å². The highest BCUT2D eigenvalue weighted by molar-refractivity contribution is 7.89. The van der Waals surface area contributed by atoms with E-state index in [0.717, 1.165) is 31.4 Å². The van der Waals surface area contributed by atoms with Crippen molar-refractivity contribution in [3.05, 3.63) is 57.7 Å². The first-order chi connectivity index (χ1) is 12.7. The van der Waals surface area contributed by atoms with E-state index in [9.17, 15) is 18.0 Å². The molecule has 0 unspecified atom stereocenters. The number of benzene rings is 2. The third-order valence-electron chi connectivity index (χ3n) is 4.17. The number of fused-ring (bicyclic) bond motifs is 1. The summed E-state index contributed by atoms with van der Waals surface area (Å²) in [5.74, 6) is -0.462. The Hall–Kier alpha value is -2.49. The number of amides is 1. The van der Waals surface area contributed by atoms with E-state index < -0.39 is 15.9 Å². The van der Waals surface area contributed by atoms with Crippen LogP contribution in [0.15, 0.2) is 52.2 Å². The van der Waals surface area contributed by atoms with Gasteiger partial charge in [0.2, 0.25) is 15.9 Å². The molecule has 2 aromatic carbocycles. The number of hydrogen-bond donors (Lipinski definition) is 1. The van der Waals surface area contributed by atoms with E-state index in [4.69, 9.17) is 0 Å². The molecule has 3 aromatic rings. The number of rotatable bonds is 5. The first-order valence-electron chi connectivity index (χ1n) is 8.11. The molecule has 1 amide bonds. The van der Waals surface area contributed by atoms with Crippen LogP contribution in [0.3, 0.4) is 0 Å². The predicted octanol–water partition coefficient (Wildman–Crippen LogP) is 2.17. The first-order valence-corrected chi connectivity index (χ1v) is 10.4. The van der Waals surface area contributed by atoms with Crippen LogP contribution >= 0.6 is 11.3 Å². The van der Waals surface area contributed by atoms with Crippen LogP contribution in [0.25, 0.3) is 10.2 Å². The topological polar surface area (TPSA) is 88.5 Å². The Morgan fingerprint density at radius 3 is 2.52 bits per heavy atom. The second-order valence-corrected chi connectivity index (χ2v) is 9.27. The predicted molar refractivity (Wildman–Crippen MR) is 107 cm³/mol. The molecule has 3 rings (SSSR count). The largest absolute Gasteiger partial charge is 0.325 e. The zero-order valence-electron chi connectivity index (χ0n) is 15.1. The highest BCUT2D eigenvalue weighted by Crippen LogP contribution is 2.21. The SMILES string of the molecule is Cc1ccc(S(=O)(=O)N(C)CC(=O)Nc2ccc3c(c2)sc(=O)n3C)cc1. The molecule has 0 saturated heterocycles. The maximum atomic E-state index is 12.6. The number of hydrogen-bond acceptors (Lipinski definition) is 5. The molecule has 1 N–H and O–H groups in total. The van der Waals surface area contributed by atoms with Crippen molar-refractivity contribution in [3.63, 3.8) is 0 Å². The molecule has 0 bridgehead atoms. The van der Waals surface area contributed by atoms with E-state index in [-0.39, 0.29) is 16.3 Å². The monoisotopic (exact) mass is 405 g/mol. The molecular formula is C18H19N3O4S2. The average molecular weight is 406 g/mol. The molecule has 7 nitrogen and oxygen atoms in total. The normalized spacial score (nSPS) is 11.9. The van der Waals surface area contributed by atoms with Crippen molar-refractivity contribution in [1.29, 1.82) is 0 Å². The lowest BCUT2D eigenvalue weighted by Crippen LogP contribution is -2.34. The zero-order chi connectivity index (χ0) is 19.8. The van der Waals surface area contributed by atoms with Gasteiger partial charge in [0.05, 0.1) is 21.7 Å². The minimum absolute atomic E-state index is 0.0857. The molecule has 0 spiro atoms. The summed E-state index contributed by atoms with van der Waals surface area (Å²) in [5.41, 5.74) is 2.24. The molecule has 142 valence electrons. The number of sulfonamides is 1. The molecule has 0 saturated carbocycles. The third-order valence-corrected chi connectivity index (χ3v) is 6.98. The third kappa shape index (κ3) is 3.95. The zero-order valence-corrected chi connectivity index (χ0v) is 16.7. The lowest BCUT2D eigenvalue weighted by Gasteiger charge is -2.17. The Kier molecular flexibility index (Phi) is 5.18. The van der Waals surface area contributed by atoms with Gasteiger partial charge in [-0.15, -0.1) is 0 Å². The van der Waals surface area contributed by atoms with E-state index in [2.05, 4.69) is 5.32 Å². The maximum Gasteiger partial charge on any atom is 0.307 e. The van der Waals surface area contributed by atoms with Crippen molar-refractivity contribution < 1.29 is 13.2 Å². The minimum Gasteiger partial charge on any atom is -0.325 e. The molecule has 0 aliphatic heterocycles. The molecule has 0 aliphatic carbocycles. The molecule has 9 heteroatoms. The van der Waals surface area contributed by atoms with Crippen molar-refractivity contribution >= 4 is 43.2 Å². The summed E-state index contributed by atoms with van der Waals surface area (Å²) >= 11 is 1.09. The molecular weight excluding hydrogens is 386 g/mol. The van der Waals surface area contributed by atoms with Gasteiger partial charge >= 0.3 is 4.87 Å². The Morgan fingerprint density at radius 1 is 1.19 bits per heavy atom. The van der Waals surface area contributed by atoms with Crippen LogP contribution in [0.5, 0.6) is 0 Å². The number of nitrogens with one attached hydrogen (secondary N) is 1. The van der Waals surface area contributed by atoms with E-state index in [1.807, 2.05) is 6.92 Å². The number of carbonyl (C=O) groups excluding carboxylic acids is 1. The quantitative estimate of drug-likeness (QED) is 0.705. The van der Waals surface area contributed by atoms with Gasteiger partial charge in [0.15, 0.2) is 0 Å². The van der Waals surface area contributed by atoms with Crippen LogP contribution in [0.4, 0.5) is 5.69 Å². The minimum atomic E-state index is -3.75. The van der Waals surface area contributed by atoms with E-state index >= 15 is 0 Å². The fourth-order valence-electron chi connectivity index (χ4n) is 2.59. The van der Waals surface area contributed by atoms with Crippen molar-refractivity contribution in [3.8, 4) is 0 Å². The van der Waals surface area contributed by atoms with Crippen LogP contribution in [-0.4, -0.2) is 36.8 Å². The first kappa shape index (κ1) is 19.3. The lowest BCUT2D eigenvalue weighted by atomic mass is 10.2. The standard InChI is InChI=1S/C18H19N3O4S2/c1-12-4-7-14(8-5-12)27(24,25)20(2)11-17(22)19-13-6-9-15-16(10-13)26-18(23)21(15)3/h4-10H,11H2,1-3H3,(H,19,22).